The second-order valence-electron chi connectivity index (χ2n) is 4.22. The highest BCUT2D eigenvalue weighted by atomic mass is 16.6. The van der Waals surface area contributed by atoms with E-state index in [1.165, 1.54) is 6.21 Å². The van der Waals surface area contributed by atoms with Crippen LogP contribution in [-0.2, 0) is 25.6 Å². The minimum atomic E-state index is -1.16. The van der Waals surface area contributed by atoms with Crippen LogP contribution in [0.15, 0.2) is 11.1 Å². The van der Waals surface area contributed by atoms with Crippen LogP contribution in [0.1, 0.15) is 26.5 Å². The van der Waals surface area contributed by atoms with E-state index >= 15 is 0 Å². The van der Waals surface area contributed by atoms with Gasteiger partial charge in [0.25, 0.3) is 0 Å². The third kappa shape index (κ3) is 4.70. The fraction of sp³-hybridized carbons (Fsp3) is 0.571. The molecule has 7 heteroatoms. The topological polar surface area (TPSA) is 82.8 Å². The van der Waals surface area contributed by atoms with E-state index in [0.717, 1.165) is 5.69 Å². The molecule has 0 aliphatic carbocycles. The van der Waals surface area contributed by atoms with E-state index in [1.54, 1.807) is 24.6 Å². The van der Waals surface area contributed by atoms with E-state index in [2.05, 4.69) is 10.1 Å². The molecule has 7 nitrogen and oxygen atoms in total. The Hall–Kier alpha value is -2.18. The molecule has 0 unspecified atom stereocenters. The Morgan fingerprint density at radius 1 is 1.29 bits per heavy atom. The SMILES string of the molecule is CCOC(=O)C(C=Nc1cc(C)nn1CC)C(=O)OCC. The van der Waals surface area contributed by atoms with Crippen LogP contribution >= 0.6 is 0 Å². The highest BCUT2D eigenvalue weighted by Gasteiger charge is 2.27. The van der Waals surface area contributed by atoms with Gasteiger partial charge in [0.05, 0.1) is 18.9 Å². The average molecular weight is 295 g/mol. The first-order valence-corrected chi connectivity index (χ1v) is 6.95. The van der Waals surface area contributed by atoms with Gasteiger partial charge in [0.2, 0.25) is 0 Å². The predicted octanol–water partition coefficient (Wildman–Crippen LogP) is 1.66. The number of carbonyl (C=O) groups is 2. The standard InChI is InChI=1S/C14H21N3O4/c1-5-17-12(8-10(4)16-17)15-9-11(13(18)20-6-2)14(19)21-7-3/h8-9,11H,5-7H2,1-4H3. The fourth-order valence-corrected chi connectivity index (χ4v) is 1.70. The van der Waals surface area contributed by atoms with Crippen LogP contribution in [0.25, 0.3) is 0 Å². The zero-order chi connectivity index (χ0) is 15.8. The van der Waals surface area contributed by atoms with Gasteiger partial charge >= 0.3 is 11.9 Å². The first kappa shape index (κ1) is 16.9. The molecule has 0 saturated carbocycles. The van der Waals surface area contributed by atoms with Crippen molar-refractivity contribution in [3.63, 3.8) is 0 Å². The summed E-state index contributed by atoms with van der Waals surface area (Å²) in [4.78, 5) is 27.8. The van der Waals surface area contributed by atoms with Crippen LogP contribution < -0.4 is 0 Å². The average Bonchev–Trinajstić information content (AvgIpc) is 2.80. The van der Waals surface area contributed by atoms with Crippen molar-refractivity contribution in [3.8, 4) is 0 Å². The molecular formula is C14H21N3O4. The lowest BCUT2D eigenvalue weighted by molar-refractivity contribution is -0.157. The lowest BCUT2D eigenvalue weighted by Gasteiger charge is -2.10. The van der Waals surface area contributed by atoms with E-state index < -0.39 is 17.9 Å². The summed E-state index contributed by atoms with van der Waals surface area (Å²) in [5.41, 5.74) is 0.813. The van der Waals surface area contributed by atoms with Crippen LogP contribution in [-0.4, -0.2) is 41.1 Å². The molecule has 1 aromatic rings. The number of ether oxygens (including phenoxy) is 2. The van der Waals surface area contributed by atoms with Gasteiger partial charge in [-0.1, -0.05) is 0 Å². The Kier molecular flexibility index (Phi) is 6.58. The molecule has 0 aliphatic heterocycles. The summed E-state index contributed by atoms with van der Waals surface area (Å²) in [7, 11) is 0. The number of hydrogen-bond acceptors (Lipinski definition) is 6. The summed E-state index contributed by atoms with van der Waals surface area (Å²) in [5.74, 6) is -1.92. The molecule has 0 N–H and O–H groups in total. The summed E-state index contributed by atoms with van der Waals surface area (Å²) in [6.45, 7) is 8.14. The Bertz CT molecular complexity index is 504. The summed E-state index contributed by atoms with van der Waals surface area (Å²) in [6.07, 6.45) is 1.25. The van der Waals surface area contributed by atoms with E-state index in [0.29, 0.717) is 12.4 Å². The molecule has 1 aromatic heterocycles. The van der Waals surface area contributed by atoms with E-state index in [4.69, 9.17) is 9.47 Å². The molecule has 1 rings (SSSR count). The molecule has 0 amide bonds. The number of carbonyl (C=O) groups excluding carboxylic acids is 2. The van der Waals surface area contributed by atoms with Crippen LogP contribution in [0.4, 0.5) is 5.82 Å². The van der Waals surface area contributed by atoms with Crippen molar-refractivity contribution < 1.29 is 19.1 Å². The number of aryl methyl sites for hydroxylation is 2. The normalized spacial score (nSPS) is 11.1. The third-order valence-electron chi connectivity index (χ3n) is 2.62. The minimum Gasteiger partial charge on any atom is -0.465 e. The van der Waals surface area contributed by atoms with Gasteiger partial charge in [0.15, 0.2) is 5.92 Å². The van der Waals surface area contributed by atoms with Crippen molar-refractivity contribution in [1.82, 2.24) is 9.78 Å². The lowest BCUT2D eigenvalue weighted by Crippen LogP contribution is -2.29. The molecule has 116 valence electrons. The molecule has 0 aliphatic rings. The van der Waals surface area contributed by atoms with Gasteiger partial charge in [-0.25, -0.2) is 9.67 Å². The Labute approximate surface area is 123 Å². The molecule has 0 saturated heterocycles. The molecule has 0 fully saturated rings. The number of aliphatic imine (C=N–C) groups is 1. The summed E-state index contributed by atoms with van der Waals surface area (Å²) in [6, 6.07) is 1.77. The summed E-state index contributed by atoms with van der Waals surface area (Å²) >= 11 is 0. The van der Waals surface area contributed by atoms with Crippen LogP contribution in [0.2, 0.25) is 0 Å². The van der Waals surface area contributed by atoms with Gasteiger partial charge in [-0.3, -0.25) is 9.59 Å². The van der Waals surface area contributed by atoms with Gasteiger partial charge in [-0.2, -0.15) is 5.10 Å². The van der Waals surface area contributed by atoms with Gasteiger partial charge in [-0.05, 0) is 27.7 Å². The van der Waals surface area contributed by atoms with Crippen molar-refractivity contribution in [1.29, 1.82) is 0 Å². The predicted molar refractivity (Wildman–Crippen MR) is 77.5 cm³/mol. The van der Waals surface area contributed by atoms with Crippen LogP contribution in [0, 0.1) is 12.8 Å². The van der Waals surface area contributed by atoms with Crippen LogP contribution in [0.5, 0.6) is 0 Å². The Balaban J connectivity index is 2.96. The highest BCUT2D eigenvalue weighted by Crippen LogP contribution is 2.14. The van der Waals surface area contributed by atoms with Crippen molar-refractivity contribution >= 4 is 24.0 Å². The highest BCUT2D eigenvalue weighted by molar-refractivity contribution is 6.09. The lowest BCUT2D eigenvalue weighted by atomic mass is 10.2. The fourth-order valence-electron chi connectivity index (χ4n) is 1.70. The second kappa shape index (κ2) is 8.18. The van der Waals surface area contributed by atoms with E-state index in [-0.39, 0.29) is 13.2 Å². The molecule has 21 heavy (non-hydrogen) atoms. The van der Waals surface area contributed by atoms with E-state index in [1.807, 2.05) is 13.8 Å². The Morgan fingerprint density at radius 3 is 2.33 bits per heavy atom. The molecule has 0 aromatic carbocycles. The first-order chi connectivity index (χ1) is 10.0. The van der Waals surface area contributed by atoms with Crippen molar-refractivity contribution in [3.05, 3.63) is 11.8 Å². The molecule has 0 atom stereocenters. The number of nitrogens with zero attached hydrogens (tertiary/aromatic N) is 3. The molecular weight excluding hydrogens is 274 g/mol. The van der Waals surface area contributed by atoms with Gasteiger partial charge in [0, 0.05) is 18.8 Å². The number of hydrogen-bond donors (Lipinski definition) is 0. The number of aromatic nitrogens is 2. The quantitative estimate of drug-likeness (QED) is 0.434. The van der Waals surface area contributed by atoms with E-state index in [9.17, 15) is 9.59 Å². The molecule has 0 spiro atoms. The van der Waals surface area contributed by atoms with Crippen LogP contribution in [0.3, 0.4) is 0 Å². The minimum absolute atomic E-state index is 0.189. The van der Waals surface area contributed by atoms with Gasteiger partial charge < -0.3 is 9.47 Å². The summed E-state index contributed by atoms with van der Waals surface area (Å²) in [5, 5.41) is 4.24. The maximum atomic E-state index is 11.8. The smallest absolute Gasteiger partial charge is 0.325 e. The maximum absolute atomic E-state index is 11.8. The third-order valence-corrected chi connectivity index (χ3v) is 2.62. The van der Waals surface area contributed by atoms with Crippen molar-refractivity contribution in [2.75, 3.05) is 13.2 Å². The summed E-state index contributed by atoms with van der Waals surface area (Å²) < 4.78 is 11.4. The molecule has 0 bridgehead atoms. The van der Waals surface area contributed by atoms with Crippen molar-refractivity contribution in [2.45, 2.75) is 34.2 Å². The maximum Gasteiger partial charge on any atom is 0.325 e. The second-order valence-corrected chi connectivity index (χ2v) is 4.22. The first-order valence-electron chi connectivity index (χ1n) is 6.95. The molecule has 0 radical (unpaired) electrons. The number of esters is 2. The van der Waals surface area contributed by atoms with Gasteiger partial charge in [0.1, 0.15) is 5.82 Å². The Morgan fingerprint density at radius 2 is 1.86 bits per heavy atom. The largest absolute Gasteiger partial charge is 0.465 e. The van der Waals surface area contributed by atoms with Crippen molar-refractivity contribution in [2.24, 2.45) is 10.9 Å². The molecule has 1 heterocycles. The monoisotopic (exact) mass is 295 g/mol. The zero-order valence-electron chi connectivity index (χ0n) is 12.8. The number of rotatable bonds is 7. The van der Waals surface area contributed by atoms with Gasteiger partial charge in [-0.15, -0.1) is 0 Å². The zero-order valence-corrected chi connectivity index (χ0v) is 12.8.